The highest BCUT2D eigenvalue weighted by molar-refractivity contribution is 5.19. The van der Waals surface area contributed by atoms with Crippen LogP contribution in [0.15, 0.2) is 42.7 Å². The quantitative estimate of drug-likeness (QED) is 0.862. The van der Waals surface area contributed by atoms with Crippen LogP contribution in [0.25, 0.3) is 0 Å². The third kappa shape index (κ3) is 3.67. The molecule has 3 heteroatoms. The highest BCUT2D eigenvalue weighted by atomic mass is 15.0. The molecule has 0 aliphatic carbocycles. The SMILES string of the molecule is CC(C)C(NCCc1nccn1C)c1ccccc1. The van der Waals surface area contributed by atoms with Gasteiger partial charge in [-0.15, -0.1) is 0 Å². The Labute approximate surface area is 115 Å². The highest BCUT2D eigenvalue weighted by Gasteiger charge is 2.14. The van der Waals surface area contributed by atoms with Crippen molar-refractivity contribution in [2.75, 3.05) is 6.54 Å². The minimum atomic E-state index is 0.404. The Morgan fingerprint density at radius 1 is 1.21 bits per heavy atom. The fourth-order valence-corrected chi connectivity index (χ4v) is 2.38. The fraction of sp³-hybridized carbons (Fsp3) is 0.438. The molecule has 0 saturated heterocycles. The van der Waals surface area contributed by atoms with Gasteiger partial charge >= 0.3 is 0 Å². The van der Waals surface area contributed by atoms with Crippen molar-refractivity contribution in [3.8, 4) is 0 Å². The third-order valence-electron chi connectivity index (χ3n) is 3.46. The van der Waals surface area contributed by atoms with Gasteiger partial charge in [0.25, 0.3) is 0 Å². The molecular formula is C16H23N3. The molecule has 1 unspecified atom stereocenters. The van der Waals surface area contributed by atoms with E-state index < -0.39 is 0 Å². The molecule has 19 heavy (non-hydrogen) atoms. The Kier molecular flexibility index (Phi) is 4.74. The van der Waals surface area contributed by atoms with E-state index in [0.717, 1.165) is 18.8 Å². The van der Waals surface area contributed by atoms with E-state index in [1.165, 1.54) is 5.56 Å². The van der Waals surface area contributed by atoms with Crippen LogP contribution >= 0.6 is 0 Å². The largest absolute Gasteiger partial charge is 0.338 e. The van der Waals surface area contributed by atoms with Gasteiger partial charge in [-0.25, -0.2) is 4.98 Å². The molecule has 1 aromatic carbocycles. The second-order valence-corrected chi connectivity index (χ2v) is 5.29. The van der Waals surface area contributed by atoms with Crippen LogP contribution in [0.4, 0.5) is 0 Å². The number of nitrogens with one attached hydrogen (secondary N) is 1. The summed E-state index contributed by atoms with van der Waals surface area (Å²) >= 11 is 0. The number of aromatic nitrogens is 2. The number of nitrogens with zero attached hydrogens (tertiary/aromatic N) is 2. The van der Waals surface area contributed by atoms with Gasteiger partial charge in [-0.05, 0) is 11.5 Å². The number of aryl methyl sites for hydroxylation is 1. The van der Waals surface area contributed by atoms with Gasteiger partial charge in [0.15, 0.2) is 0 Å². The van der Waals surface area contributed by atoms with Gasteiger partial charge in [-0.3, -0.25) is 0 Å². The summed E-state index contributed by atoms with van der Waals surface area (Å²) < 4.78 is 2.08. The van der Waals surface area contributed by atoms with Crippen molar-refractivity contribution < 1.29 is 0 Å². The maximum absolute atomic E-state index is 4.35. The molecule has 0 spiro atoms. The molecule has 0 aliphatic rings. The van der Waals surface area contributed by atoms with Gasteiger partial charge in [0.2, 0.25) is 0 Å². The summed E-state index contributed by atoms with van der Waals surface area (Å²) in [7, 11) is 2.04. The topological polar surface area (TPSA) is 29.9 Å². The van der Waals surface area contributed by atoms with Gasteiger partial charge in [-0.2, -0.15) is 0 Å². The summed E-state index contributed by atoms with van der Waals surface area (Å²) in [5.74, 6) is 1.70. The summed E-state index contributed by atoms with van der Waals surface area (Å²) in [5.41, 5.74) is 1.36. The summed E-state index contributed by atoms with van der Waals surface area (Å²) in [6.07, 6.45) is 4.80. The van der Waals surface area contributed by atoms with Crippen molar-refractivity contribution >= 4 is 0 Å². The van der Waals surface area contributed by atoms with Crippen LogP contribution in [0.1, 0.15) is 31.3 Å². The number of rotatable bonds is 6. The van der Waals surface area contributed by atoms with Crippen molar-refractivity contribution in [1.82, 2.24) is 14.9 Å². The maximum Gasteiger partial charge on any atom is 0.109 e. The van der Waals surface area contributed by atoms with Crippen molar-refractivity contribution in [2.24, 2.45) is 13.0 Å². The normalized spacial score (nSPS) is 12.8. The molecule has 1 N–H and O–H groups in total. The Balaban J connectivity index is 1.93. The van der Waals surface area contributed by atoms with Gasteiger partial charge in [0.1, 0.15) is 5.82 Å². The Bertz CT molecular complexity index is 488. The zero-order chi connectivity index (χ0) is 13.7. The fourth-order valence-electron chi connectivity index (χ4n) is 2.38. The highest BCUT2D eigenvalue weighted by Crippen LogP contribution is 2.20. The Morgan fingerprint density at radius 2 is 1.95 bits per heavy atom. The second-order valence-electron chi connectivity index (χ2n) is 5.29. The average molecular weight is 257 g/mol. The molecule has 1 aromatic heterocycles. The van der Waals surface area contributed by atoms with Crippen molar-refractivity contribution in [3.63, 3.8) is 0 Å². The van der Waals surface area contributed by atoms with Crippen LogP contribution in [0.5, 0.6) is 0 Å². The molecule has 0 amide bonds. The number of benzene rings is 1. The molecule has 0 saturated carbocycles. The monoisotopic (exact) mass is 257 g/mol. The van der Waals surface area contributed by atoms with Crippen molar-refractivity contribution in [2.45, 2.75) is 26.3 Å². The lowest BCUT2D eigenvalue weighted by molar-refractivity contribution is 0.412. The van der Waals surface area contributed by atoms with Crippen molar-refractivity contribution in [1.29, 1.82) is 0 Å². The van der Waals surface area contributed by atoms with E-state index >= 15 is 0 Å². The lowest BCUT2D eigenvalue weighted by Gasteiger charge is -2.23. The van der Waals surface area contributed by atoms with Gasteiger partial charge < -0.3 is 9.88 Å². The number of hydrogen-bond acceptors (Lipinski definition) is 2. The first-order chi connectivity index (χ1) is 9.18. The van der Waals surface area contributed by atoms with Crippen LogP contribution in [-0.2, 0) is 13.5 Å². The van der Waals surface area contributed by atoms with Gasteiger partial charge in [0.05, 0.1) is 0 Å². The van der Waals surface area contributed by atoms with Crippen LogP contribution in [-0.4, -0.2) is 16.1 Å². The van der Waals surface area contributed by atoms with Crippen LogP contribution in [0.2, 0.25) is 0 Å². The molecule has 1 atom stereocenters. The van der Waals surface area contributed by atoms with Crippen LogP contribution in [0.3, 0.4) is 0 Å². The average Bonchev–Trinajstić information content (AvgIpc) is 2.81. The minimum Gasteiger partial charge on any atom is -0.338 e. The Hall–Kier alpha value is -1.61. The first-order valence-corrected chi connectivity index (χ1v) is 6.93. The van der Waals surface area contributed by atoms with Gasteiger partial charge in [0, 0.05) is 38.4 Å². The van der Waals surface area contributed by atoms with E-state index in [2.05, 4.69) is 59.0 Å². The first kappa shape index (κ1) is 13.8. The molecule has 2 rings (SSSR count). The molecule has 2 aromatic rings. The van der Waals surface area contributed by atoms with E-state index in [1.807, 2.05) is 19.4 Å². The molecule has 102 valence electrons. The molecule has 0 bridgehead atoms. The maximum atomic E-state index is 4.35. The number of hydrogen-bond donors (Lipinski definition) is 1. The summed E-state index contributed by atoms with van der Waals surface area (Å²) in [6, 6.07) is 11.1. The third-order valence-corrected chi connectivity index (χ3v) is 3.46. The molecule has 1 heterocycles. The summed E-state index contributed by atoms with van der Waals surface area (Å²) in [6.45, 7) is 5.46. The molecule has 0 aliphatic heterocycles. The molecule has 0 fully saturated rings. The van der Waals surface area contributed by atoms with Crippen LogP contribution < -0.4 is 5.32 Å². The minimum absolute atomic E-state index is 0.404. The zero-order valence-electron chi connectivity index (χ0n) is 12.0. The predicted octanol–water partition coefficient (Wildman–Crippen LogP) is 2.95. The van der Waals surface area contributed by atoms with Gasteiger partial charge in [-0.1, -0.05) is 44.2 Å². The lowest BCUT2D eigenvalue weighted by Crippen LogP contribution is -2.28. The first-order valence-electron chi connectivity index (χ1n) is 6.93. The van der Waals surface area contributed by atoms with E-state index in [0.29, 0.717) is 12.0 Å². The molecular weight excluding hydrogens is 234 g/mol. The van der Waals surface area contributed by atoms with E-state index in [1.54, 1.807) is 0 Å². The molecule has 0 radical (unpaired) electrons. The van der Waals surface area contributed by atoms with Crippen molar-refractivity contribution in [3.05, 3.63) is 54.1 Å². The predicted molar refractivity (Wildman–Crippen MR) is 78.9 cm³/mol. The second kappa shape index (κ2) is 6.53. The smallest absolute Gasteiger partial charge is 0.109 e. The van der Waals surface area contributed by atoms with E-state index in [-0.39, 0.29) is 0 Å². The summed E-state index contributed by atoms with van der Waals surface area (Å²) in [4.78, 5) is 4.35. The van der Waals surface area contributed by atoms with E-state index in [4.69, 9.17) is 0 Å². The number of imidazole rings is 1. The van der Waals surface area contributed by atoms with E-state index in [9.17, 15) is 0 Å². The standard InChI is InChI=1S/C16H23N3/c1-13(2)16(14-7-5-4-6-8-14)18-10-9-15-17-11-12-19(15)3/h4-8,11-13,16,18H,9-10H2,1-3H3. The summed E-state index contributed by atoms with van der Waals surface area (Å²) in [5, 5.41) is 3.65. The molecule has 3 nitrogen and oxygen atoms in total. The lowest BCUT2D eigenvalue weighted by atomic mass is 9.96. The zero-order valence-corrected chi connectivity index (χ0v) is 12.0. The Morgan fingerprint density at radius 3 is 2.53 bits per heavy atom. The van der Waals surface area contributed by atoms with Crippen LogP contribution in [0, 0.1) is 5.92 Å².